The van der Waals surface area contributed by atoms with Crippen LogP contribution in [0.25, 0.3) is 0 Å². The molecule has 4 nitrogen and oxygen atoms in total. The van der Waals surface area contributed by atoms with Crippen LogP contribution in [0.5, 0.6) is 0 Å². The van der Waals surface area contributed by atoms with Crippen molar-refractivity contribution in [3.8, 4) is 0 Å². The smallest absolute Gasteiger partial charge is 0.220 e. The molecule has 0 radical (unpaired) electrons. The maximum atomic E-state index is 11.1. The number of nitrogens with two attached hydrogens (primary N) is 1. The van der Waals surface area contributed by atoms with Crippen LogP contribution in [0.2, 0.25) is 0 Å². The molecular weight excluding hydrogens is 226 g/mol. The zero-order valence-electron chi connectivity index (χ0n) is 11.1. The van der Waals surface area contributed by atoms with Crippen LogP contribution in [0.3, 0.4) is 0 Å². The topological polar surface area (TPSA) is 68.0 Å². The third-order valence-electron chi connectivity index (χ3n) is 3.58. The Morgan fingerprint density at radius 3 is 2.28 bits per heavy atom. The fourth-order valence-corrected chi connectivity index (χ4v) is 2.68. The Labute approximate surface area is 108 Å². The molecule has 0 aromatic carbocycles. The summed E-state index contributed by atoms with van der Waals surface area (Å²) in [7, 11) is 0. The van der Waals surface area contributed by atoms with E-state index in [0.717, 1.165) is 42.8 Å². The number of nitrogens with zero attached hydrogens (tertiary/aromatic N) is 1. The predicted molar refractivity (Wildman–Crippen MR) is 72.3 cm³/mol. The minimum atomic E-state index is -0.149. The van der Waals surface area contributed by atoms with Gasteiger partial charge in [-0.05, 0) is 51.7 Å². The zero-order valence-corrected chi connectivity index (χ0v) is 11.1. The highest BCUT2D eigenvalue weighted by Crippen LogP contribution is 2.26. The van der Waals surface area contributed by atoms with Crippen molar-refractivity contribution < 1.29 is 4.79 Å². The van der Waals surface area contributed by atoms with Crippen LogP contribution < -0.4 is 11.1 Å². The van der Waals surface area contributed by atoms with E-state index in [4.69, 9.17) is 5.73 Å². The summed E-state index contributed by atoms with van der Waals surface area (Å²) in [5.74, 6) is -0.0759. The molecule has 0 unspecified atom stereocenters. The largest absolute Gasteiger partial charge is 0.382 e. The summed E-state index contributed by atoms with van der Waals surface area (Å²) in [6.07, 6.45) is 3.81. The first-order chi connectivity index (χ1) is 8.54. The van der Waals surface area contributed by atoms with Crippen LogP contribution >= 0.6 is 0 Å². The minimum absolute atomic E-state index is 0.0731. The van der Waals surface area contributed by atoms with Gasteiger partial charge in [-0.3, -0.25) is 9.78 Å². The average Bonchev–Trinajstić information content (AvgIpc) is 2.28. The molecule has 1 aliphatic rings. The van der Waals surface area contributed by atoms with Crippen molar-refractivity contribution in [3.63, 3.8) is 0 Å². The average molecular weight is 247 g/mol. The van der Waals surface area contributed by atoms with E-state index >= 15 is 0 Å². The molecule has 0 atom stereocenters. The lowest BCUT2D eigenvalue weighted by Crippen LogP contribution is -2.32. The van der Waals surface area contributed by atoms with Gasteiger partial charge in [-0.1, -0.05) is 0 Å². The molecule has 18 heavy (non-hydrogen) atoms. The monoisotopic (exact) mass is 247 g/mol. The number of rotatable bonds is 3. The fraction of sp³-hybridized carbons (Fsp3) is 0.571. The van der Waals surface area contributed by atoms with E-state index in [1.165, 1.54) is 0 Å². The molecule has 1 heterocycles. The van der Waals surface area contributed by atoms with Gasteiger partial charge in [0, 0.05) is 29.0 Å². The molecule has 2 rings (SSSR count). The summed E-state index contributed by atoms with van der Waals surface area (Å²) in [5, 5.41) is 3.53. The molecule has 98 valence electrons. The second-order valence-electron chi connectivity index (χ2n) is 5.23. The minimum Gasteiger partial charge on any atom is -0.382 e. The second kappa shape index (κ2) is 5.38. The van der Waals surface area contributed by atoms with Gasteiger partial charge in [-0.15, -0.1) is 0 Å². The van der Waals surface area contributed by atoms with Gasteiger partial charge >= 0.3 is 0 Å². The van der Waals surface area contributed by atoms with Crippen LogP contribution in [0, 0.1) is 19.8 Å². The van der Waals surface area contributed by atoms with E-state index in [2.05, 4.69) is 22.4 Å². The number of pyridine rings is 1. The highest BCUT2D eigenvalue weighted by molar-refractivity contribution is 5.76. The van der Waals surface area contributed by atoms with Gasteiger partial charge in [0.1, 0.15) is 0 Å². The lowest BCUT2D eigenvalue weighted by Gasteiger charge is -2.28. The van der Waals surface area contributed by atoms with Crippen molar-refractivity contribution in [2.45, 2.75) is 45.6 Å². The normalized spacial score (nSPS) is 23.7. The number of carbonyl (C=O) groups excluding carboxylic acids is 1. The van der Waals surface area contributed by atoms with Gasteiger partial charge in [-0.25, -0.2) is 0 Å². The number of hydrogen-bond acceptors (Lipinski definition) is 3. The highest BCUT2D eigenvalue weighted by Gasteiger charge is 2.24. The van der Waals surface area contributed by atoms with E-state index in [-0.39, 0.29) is 11.8 Å². The Bertz CT molecular complexity index is 416. The molecule has 0 saturated heterocycles. The lowest BCUT2D eigenvalue weighted by molar-refractivity contribution is -0.122. The van der Waals surface area contributed by atoms with E-state index in [0.29, 0.717) is 6.04 Å². The Morgan fingerprint density at radius 2 is 1.78 bits per heavy atom. The summed E-state index contributed by atoms with van der Waals surface area (Å²) in [6.45, 7) is 4.00. The summed E-state index contributed by atoms with van der Waals surface area (Å²) in [6, 6.07) is 4.57. The van der Waals surface area contributed by atoms with Gasteiger partial charge in [0.15, 0.2) is 0 Å². The number of amides is 1. The second-order valence-corrected chi connectivity index (χ2v) is 5.23. The molecule has 1 fully saturated rings. The molecule has 4 heteroatoms. The van der Waals surface area contributed by atoms with Crippen molar-refractivity contribution in [2.24, 2.45) is 11.7 Å². The summed E-state index contributed by atoms with van der Waals surface area (Å²) in [4.78, 5) is 15.5. The first-order valence-corrected chi connectivity index (χ1v) is 6.56. The van der Waals surface area contributed by atoms with E-state index in [1.54, 1.807) is 0 Å². The molecule has 3 N–H and O–H groups in total. The van der Waals surface area contributed by atoms with Crippen LogP contribution in [0.1, 0.15) is 37.1 Å². The molecular formula is C14H21N3O. The summed E-state index contributed by atoms with van der Waals surface area (Å²) >= 11 is 0. The first kappa shape index (κ1) is 12.9. The Kier molecular flexibility index (Phi) is 3.84. The van der Waals surface area contributed by atoms with Crippen molar-refractivity contribution >= 4 is 11.6 Å². The first-order valence-electron chi connectivity index (χ1n) is 6.56. The number of aromatic nitrogens is 1. The quantitative estimate of drug-likeness (QED) is 0.860. The SMILES string of the molecule is Cc1cc(NC2CCC(C(N)=O)CC2)cc(C)n1. The van der Waals surface area contributed by atoms with Crippen molar-refractivity contribution in [1.29, 1.82) is 0 Å². The molecule has 0 spiro atoms. The predicted octanol–water partition coefficient (Wildman–Crippen LogP) is 2.15. The molecule has 0 aliphatic heterocycles. The fourth-order valence-electron chi connectivity index (χ4n) is 2.68. The van der Waals surface area contributed by atoms with Crippen LogP contribution in [-0.4, -0.2) is 16.9 Å². The molecule has 1 aliphatic carbocycles. The van der Waals surface area contributed by atoms with E-state index in [1.807, 2.05) is 13.8 Å². The maximum absolute atomic E-state index is 11.1. The van der Waals surface area contributed by atoms with Crippen molar-refractivity contribution in [1.82, 2.24) is 4.98 Å². The number of carbonyl (C=O) groups is 1. The van der Waals surface area contributed by atoms with Gasteiger partial charge < -0.3 is 11.1 Å². The maximum Gasteiger partial charge on any atom is 0.220 e. The number of hydrogen-bond donors (Lipinski definition) is 2. The van der Waals surface area contributed by atoms with E-state index < -0.39 is 0 Å². The number of nitrogens with one attached hydrogen (secondary N) is 1. The van der Waals surface area contributed by atoms with Gasteiger partial charge in [0.2, 0.25) is 5.91 Å². The number of anilines is 1. The van der Waals surface area contributed by atoms with Crippen molar-refractivity contribution in [2.75, 3.05) is 5.32 Å². The summed E-state index contributed by atoms with van der Waals surface area (Å²) in [5.41, 5.74) is 8.53. The molecule has 1 aromatic heterocycles. The standard InChI is InChI=1S/C14H21N3O/c1-9-7-13(8-10(2)16-9)17-12-5-3-11(4-6-12)14(15)18/h7-8,11-12H,3-6H2,1-2H3,(H2,15,18)(H,16,17). The lowest BCUT2D eigenvalue weighted by atomic mass is 9.85. The zero-order chi connectivity index (χ0) is 13.1. The number of aryl methyl sites for hydroxylation is 2. The third-order valence-corrected chi connectivity index (χ3v) is 3.58. The molecule has 1 saturated carbocycles. The van der Waals surface area contributed by atoms with Crippen LogP contribution in [0.4, 0.5) is 5.69 Å². The van der Waals surface area contributed by atoms with Gasteiger partial charge in [0.25, 0.3) is 0 Å². The Balaban J connectivity index is 1.93. The summed E-state index contributed by atoms with van der Waals surface area (Å²) < 4.78 is 0. The Morgan fingerprint density at radius 1 is 1.22 bits per heavy atom. The van der Waals surface area contributed by atoms with Gasteiger partial charge in [0.05, 0.1) is 0 Å². The van der Waals surface area contributed by atoms with Crippen molar-refractivity contribution in [3.05, 3.63) is 23.5 Å². The highest BCUT2D eigenvalue weighted by atomic mass is 16.1. The number of primary amides is 1. The Hall–Kier alpha value is -1.58. The van der Waals surface area contributed by atoms with Crippen LogP contribution in [0.15, 0.2) is 12.1 Å². The molecule has 1 aromatic rings. The van der Waals surface area contributed by atoms with Crippen LogP contribution in [-0.2, 0) is 4.79 Å². The van der Waals surface area contributed by atoms with E-state index in [9.17, 15) is 4.79 Å². The van der Waals surface area contributed by atoms with Gasteiger partial charge in [-0.2, -0.15) is 0 Å². The molecule has 1 amide bonds. The third kappa shape index (κ3) is 3.22. The molecule has 0 bridgehead atoms.